The third kappa shape index (κ3) is 7.35. The molecule has 2 aromatic rings. The lowest BCUT2D eigenvalue weighted by Gasteiger charge is -2.34. The van der Waals surface area contributed by atoms with E-state index in [2.05, 4.69) is 0 Å². The number of hydrogen-bond acceptors (Lipinski definition) is 14. The Morgan fingerprint density at radius 3 is 1.38 bits per heavy atom. The second kappa shape index (κ2) is 14.2. The minimum Gasteiger partial charge on any atom is -0.493 e. The molecule has 0 saturated carbocycles. The van der Waals surface area contributed by atoms with Crippen LogP contribution >= 0.6 is 15.2 Å². The highest BCUT2D eigenvalue weighted by Crippen LogP contribution is 2.74. The molecular formula is C22H31N3O15P2. The van der Waals surface area contributed by atoms with E-state index in [1.165, 1.54) is 28.4 Å². The summed E-state index contributed by atoms with van der Waals surface area (Å²) in [5, 5.41) is 30.8. The first-order chi connectivity index (χ1) is 19.6. The summed E-state index contributed by atoms with van der Waals surface area (Å²) in [6.45, 7) is -2.21. The molecule has 0 bridgehead atoms. The largest absolute Gasteiger partial charge is 0.493 e. The third-order valence-electron chi connectivity index (χ3n) is 5.97. The number of nitro groups is 2. The average Bonchev–Trinajstić information content (AvgIpc) is 2.96. The Morgan fingerprint density at radius 2 is 1.10 bits per heavy atom. The molecule has 0 saturated heterocycles. The van der Waals surface area contributed by atoms with Gasteiger partial charge in [-0.1, -0.05) is 0 Å². The van der Waals surface area contributed by atoms with Crippen molar-refractivity contribution in [2.24, 2.45) is 5.73 Å². The van der Waals surface area contributed by atoms with Crippen LogP contribution in [-0.4, -0.2) is 64.8 Å². The van der Waals surface area contributed by atoms with Crippen molar-refractivity contribution in [3.63, 3.8) is 0 Å². The Balaban J connectivity index is 2.47. The molecule has 0 heterocycles. The molecule has 0 aromatic heterocycles. The van der Waals surface area contributed by atoms with E-state index in [-0.39, 0.29) is 47.1 Å². The summed E-state index contributed by atoms with van der Waals surface area (Å²) in [6, 6.07) is 4.11. The normalized spacial score (nSPS) is 15.5. The van der Waals surface area contributed by atoms with Gasteiger partial charge in [0.05, 0.1) is 74.8 Å². The molecule has 0 spiro atoms. The van der Waals surface area contributed by atoms with E-state index >= 15 is 0 Å². The summed E-state index contributed by atoms with van der Waals surface area (Å²) in [6.07, 6.45) is -1.17. The lowest BCUT2D eigenvalue weighted by molar-refractivity contribution is -0.386. The van der Waals surface area contributed by atoms with Crippen LogP contribution in [0.15, 0.2) is 24.3 Å². The molecule has 2 unspecified atom stereocenters. The van der Waals surface area contributed by atoms with Gasteiger partial charge in [0.1, 0.15) is 0 Å². The fourth-order valence-corrected chi connectivity index (χ4v) is 7.24. The maximum absolute atomic E-state index is 13.4. The number of benzene rings is 2. The van der Waals surface area contributed by atoms with Crippen molar-refractivity contribution in [3.8, 4) is 23.0 Å². The molecule has 2 rings (SSSR count). The zero-order chi connectivity index (χ0) is 31.9. The molecule has 42 heavy (non-hydrogen) atoms. The first-order valence-electron chi connectivity index (χ1n) is 11.8. The van der Waals surface area contributed by atoms with Crippen molar-refractivity contribution in [2.45, 2.75) is 31.1 Å². The van der Waals surface area contributed by atoms with Gasteiger partial charge >= 0.3 is 15.2 Å². The summed E-state index contributed by atoms with van der Waals surface area (Å²) in [7, 11) is -6.30. The van der Waals surface area contributed by atoms with Crippen molar-refractivity contribution >= 4 is 26.6 Å². The van der Waals surface area contributed by atoms with E-state index in [0.717, 1.165) is 24.3 Å². The second-order valence-corrected chi connectivity index (χ2v) is 12.9. The van der Waals surface area contributed by atoms with Gasteiger partial charge in [-0.25, -0.2) is 0 Å². The van der Waals surface area contributed by atoms with Crippen molar-refractivity contribution in [1.82, 2.24) is 0 Å². The van der Waals surface area contributed by atoms with E-state index in [4.69, 9.17) is 33.7 Å². The van der Waals surface area contributed by atoms with Gasteiger partial charge in [0.2, 0.25) is 0 Å². The molecule has 0 fully saturated rings. The topological polar surface area (TPSA) is 263 Å². The van der Waals surface area contributed by atoms with Gasteiger partial charge in [-0.3, -0.25) is 29.4 Å². The Hall–Kier alpha value is -3.34. The van der Waals surface area contributed by atoms with Gasteiger partial charge in [0.15, 0.2) is 23.0 Å². The van der Waals surface area contributed by atoms with Crippen molar-refractivity contribution in [3.05, 3.63) is 55.6 Å². The molecule has 0 aliphatic carbocycles. The van der Waals surface area contributed by atoms with Crippen LogP contribution in [0.25, 0.3) is 0 Å². The summed E-state index contributed by atoms with van der Waals surface area (Å²) in [5.41, 5.74) is 3.62. The van der Waals surface area contributed by atoms with Gasteiger partial charge in [-0.2, -0.15) is 0 Å². The molecule has 234 valence electrons. The zero-order valence-electron chi connectivity index (χ0n) is 23.0. The molecule has 2 atom stereocenters. The molecule has 5 N–H and O–H groups in total. The number of rotatable bonds is 17. The standard InChI is InChI=1S/C22H31N3O15P2/c1-35-18-8-14(16(24(27)28)10-20(18)37-3)12-39-41(31,32)22(26,6-5-7-23)42(33,34)40-13-15-9-19(36-2)21(38-4)11-17(15)25(29)30/h8-11,26H,5-7,12-13,23H2,1-4H3,(H,31,32)(H,33,34). The first kappa shape index (κ1) is 34.9. The van der Waals surface area contributed by atoms with Gasteiger partial charge < -0.3 is 48.6 Å². The van der Waals surface area contributed by atoms with Crippen LogP contribution in [0.2, 0.25) is 0 Å². The molecule has 20 heteroatoms. The maximum Gasteiger partial charge on any atom is 0.372 e. The van der Waals surface area contributed by atoms with Gasteiger partial charge in [0.25, 0.3) is 16.5 Å². The number of aliphatic hydroxyl groups is 1. The van der Waals surface area contributed by atoms with Crippen LogP contribution in [0.5, 0.6) is 23.0 Å². The molecule has 0 aliphatic rings. The number of nitrogens with two attached hydrogens (primary N) is 1. The summed E-state index contributed by atoms with van der Waals surface area (Å²) < 4.78 is 56.8. The molecule has 18 nitrogen and oxygen atoms in total. The molecular weight excluding hydrogens is 608 g/mol. The summed E-state index contributed by atoms with van der Waals surface area (Å²) in [5.74, 6) is -0.0599. The van der Waals surface area contributed by atoms with Crippen molar-refractivity contribution < 1.29 is 61.9 Å². The van der Waals surface area contributed by atoms with Crippen LogP contribution in [0.3, 0.4) is 0 Å². The fraction of sp³-hybridized carbons (Fsp3) is 0.455. The molecule has 0 aliphatic heterocycles. The van der Waals surface area contributed by atoms with E-state index in [0.29, 0.717) is 0 Å². The first-order valence-corrected chi connectivity index (χ1v) is 14.9. The lowest BCUT2D eigenvalue weighted by atomic mass is 10.1. The van der Waals surface area contributed by atoms with Crippen LogP contribution in [0, 0.1) is 20.2 Å². The quantitative estimate of drug-likeness (QED) is 0.110. The number of hydrogen-bond donors (Lipinski definition) is 4. The summed E-state index contributed by atoms with van der Waals surface area (Å²) in [4.78, 5) is 43.0. The van der Waals surface area contributed by atoms with E-state index < -0.39 is 61.1 Å². The van der Waals surface area contributed by atoms with Crippen molar-refractivity contribution in [2.75, 3.05) is 35.0 Å². The highest BCUT2D eigenvalue weighted by Gasteiger charge is 2.62. The Kier molecular flexibility index (Phi) is 11.8. The monoisotopic (exact) mass is 639 g/mol. The highest BCUT2D eigenvalue weighted by molar-refractivity contribution is 7.72. The predicted molar refractivity (Wildman–Crippen MR) is 145 cm³/mol. The van der Waals surface area contributed by atoms with Crippen LogP contribution in [0.4, 0.5) is 11.4 Å². The summed E-state index contributed by atoms with van der Waals surface area (Å²) >= 11 is 0. The number of ether oxygens (including phenoxy) is 4. The Morgan fingerprint density at radius 1 is 0.762 bits per heavy atom. The number of nitro benzene ring substituents is 2. The number of methoxy groups -OCH3 is 4. The molecule has 0 radical (unpaired) electrons. The van der Waals surface area contributed by atoms with E-state index in [1.54, 1.807) is 0 Å². The fourth-order valence-electron chi connectivity index (χ4n) is 3.69. The minimum absolute atomic E-state index is 0.000503. The highest BCUT2D eigenvalue weighted by atomic mass is 31.2. The SMILES string of the molecule is COc1cc(COP(=O)(O)C(O)(CCCN)P(=O)(O)OCc2cc(OC)c(OC)cc2[N+](=O)[O-])c([N+](=O)[O-])cc1OC. The Labute approximate surface area is 239 Å². The van der Waals surface area contributed by atoms with Crippen LogP contribution in [-0.2, 0) is 31.4 Å². The predicted octanol–water partition coefficient (Wildman–Crippen LogP) is 3.03. The smallest absolute Gasteiger partial charge is 0.372 e. The Bertz CT molecular complexity index is 1310. The van der Waals surface area contributed by atoms with Crippen LogP contribution < -0.4 is 24.7 Å². The van der Waals surface area contributed by atoms with Crippen molar-refractivity contribution in [1.29, 1.82) is 0 Å². The zero-order valence-corrected chi connectivity index (χ0v) is 24.7. The second-order valence-electron chi connectivity index (χ2n) is 8.44. The minimum atomic E-state index is -5.62. The molecule has 2 aromatic carbocycles. The lowest BCUT2D eigenvalue weighted by Crippen LogP contribution is -2.31. The molecule has 0 amide bonds. The van der Waals surface area contributed by atoms with E-state index in [9.17, 15) is 44.3 Å². The third-order valence-corrected chi connectivity index (χ3v) is 10.7. The maximum atomic E-state index is 13.4. The van der Waals surface area contributed by atoms with Gasteiger partial charge in [-0.05, 0) is 25.1 Å². The average molecular weight is 639 g/mol. The van der Waals surface area contributed by atoms with Gasteiger partial charge in [0, 0.05) is 6.42 Å². The van der Waals surface area contributed by atoms with E-state index in [1.807, 2.05) is 0 Å². The van der Waals surface area contributed by atoms with Gasteiger partial charge in [-0.15, -0.1) is 0 Å². The number of nitrogens with zero attached hydrogens (tertiary/aromatic N) is 2. The van der Waals surface area contributed by atoms with Crippen LogP contribution in [0.1, 0.15) is 24.0 Å².